The van der Waals surface area contributed by atoms with E-state index < -0.39 is 6.10 Å². The van der Waals surface area contributed by atoms with Crippen LogP contribution in [0.4, 0.5) is 0 Å². The molecule has 1 N–H and O–H groups in total. The van der Waals surface area contributed by atoms with Gasteiger partial charge in [0.1, 0.15) is 6.10 Å². The lowest BCUT2D eigenvalue weighted by atomic mass is 10.1. The molecule has 0 aliphatic rings. The third-order valence-electron chi connectivity index (χ3n) is 1.51. The van der Waals surface area contributed by atoms with Crippen molar-refractivity contribution in [2.24, 2.45) is 0 Å². The fourth-order valence-electron chi connectivity index (χ4n) is 0.929. The molecule has 0 saturated heterocycles. The number of hydrogen-bond acceptors (Lipinski definition) is 2. The number of benzene rings is 1. The van der Waals surface area contributed by atoms with Crippen LogP contribution in [0.3, 0.4) is 0 Å². The molecule has 1 atom stereocenters. The Morgan fingerprint density at radius 3 is 2.55 bits per heavy atom. The molecule has 0 radical (unpaired) electrons. The Morgan fingerprint density at radius 1 is 1.36 bits per heavy atom. The topological polar surface area (TPSA) is 29.5 Å². The summed E-state index contributed by atoms with van der Waals surface area (Å²) in [4.78, 5) is 0. The molecule has 1 aromatic rings. The first kappa shape index (κ1) is 8.24. The highest BCUT2D eigenvalue weighted by Crippen LogP contribution is 2.11. The minimum absolute atomic E-state index is 0.351. The molecule has 0 saturated carbocycles. The second-order valence-corrected chi connectivity index (χ2v) is 2.38. The van der Waals surface area contributed by atoms with Crippen LogP contribution in [0.2, 0.25) is 0 Å². The van der Waals surface area contributed by atoms with Gasteiger partial charge >= 0.3 is 0 Å². The van der Waals surface area contributed by atoms with Crippen molar-refractivity contribution in [1.82, 2.24) is 0 Å². The van der Waals surface area contributed by atoms with E-state index in [0.717, 1.165) is 5.56 Å². The number of ether oxygens (including phenoxy) is 1. The van der Waals surface area contributed by atoms with Crippen molar-refractivity contribution in [2.75, 3.05) is 13.7 Å². The molecule has 1 aromatic carbocycles. The van der Waals surface area contributed by atoms with E-state index in [4.69, 9.17) is 4.74 Å². The van der Waals surface area contributed by atoms with E-state index in [1.807, 2.05) is 30.3 Å². The quantitative estimate of drug-likeness (QED) is 0.708. The summed E-state index contributed by atoms with van der Waals surface area (Å²) in [6, 6.07) is 9.47. The lowest BCUT2D eigenvalue weighted by molar-refractivity contribution is 0.0644. The minimum atomic E-state index is -0.499. The van der Waals surface area contributed by atoms with Crippen LogP contribution in [0.5, 0.6) is 0 Å². The van der Waals surface area contributed by atoms with Crippen LogP contribution in [0.25, 0.3) is 0 Å². The second-order valence-electron chi connectivity index (χ2n) is 2.38. The Balaban J connectivity index is 2.61. The summed E-state index contributed by atoms with van der Waals surface area (Å²) in [5.74, 6) is 0. The third kappa shape index (κ3) is 2.33. The normalized spacial score (nSPS) is 12.9. The minimum Gasteiger partial charge on any atom is -0.386 e. The Bertz CT molecular complexity index is 196. The molecule has 60 valence electrons. The summed E-state index contributed by atoms with van der Waals surface area (Å²) in [6.07, 6.45) is -0.499. The van der Waals surface area contributed by atoms with Gasteiger partial charge in [-0.15, -0.1) is 0 Å². The van der Waals surface area contributed by atoms with E-state index >= 15 is 0 Å². The molecule has 0 heterocycles. The number of hydrogen-bond donors (Lipinski definition) is 1. The van der Waals surface area contributed by atoms with E-state index in [9.17, 15) is 5.11 Å². The molecule has 0 fully saturated rings. The average Bonchev–Trinajstić information content (AvgIpc) is 2.07. The Hall–Kier alpha value is -0.860. The molecule has 0 unspecified atom stereocenters. The molecule has 1 rings (SSSR count). The third-order valence-corrected chi connectivity index (χ3v) is 1.51. The van der Waals surface area contributed by atoms with Gasteiger partial charge in [-0.3, -0.25) is 0 Å². The molecule has 2 nitrogen and oxygen atoms in total. The van der Waals surface area contributed by atoms with Gasteiger partial charge in [0, 0.05) is 7.11 Å². The van der Waals surface area contributed by atoms with Crippen molar-refractivity contribution < 1.29 is 9.84 Å². The van der Waals surface area contributed by atoms with Crippen LogP contribution in [-0.2, 0) is 4.74 Å². The van der Waals surface area contributed by atoms with Crippen LogP contribution in [0.1, 0.15) is 11.7 Å². The molecule has 0 aliphatic heterocycles. The van der Waals surface area contributed by atoms with E-state index in [-0.39, 0.29) is 0 Å². The molecule has 0 aliphatic carbocycles. The van der Waals surface area contributed by atoms with E-state index in [2.05, 4.69) is 0 Å². The first-order chi connectivity index (χ1) is 5.34. The largest absolute Gasteiger partial charge is 0.386 e. The fraction of sp³-hybridized carbons (Fsp3) is 0.333. The van der Waals surface area contributed by atoms with Gasteiger partial charge in [-0.2, -0.15) is 0 Å². The predicted molar refractivity (Wildman–Crippen MR) is 43.3 cm³/mol. The van der Waals surface area contributed by atoms with Crippen LogP contribution in [-0.4, -0.2) is 18.8 Å². The van der Waals surface area contributed by atoms with Gasteiger partial charge in [0.15, 0.2) is 0 Å². The van der Waals surface area contributed by atoms with Gasteiger partial charge in [-0.05, 0) is 5.56 Å². The monoisotopic (exact) mass is 152 g/mol. The number of rotatable bonds is 3. The summed E-state index contributed by atoms with van der Waals surface area (Å²) in [5.41, 5.74) is 0.898. The van der Waals surface area contributed by atoms with Gasteiger partial charge in [0.2, 0.25) is 0 Å². The van der Waals surface area contributed by atoms with E-state index in [1.54, 1.807) is 7.11 Å². The van der Waals surface area contributed by atoms with Gasteiger partial charge < -0.3 is 9.84 Å². The van der Waals surface area contributed by atoms with Gasteiger partial charge in [0.05, 0.1) is 6.61 Å². The van der Waals surface area contributed by atoms with Crippen LogP contribution >= 0.6 is 0 Å². The average molecular weight is 152 g/mol. The number of aliphatic hydroxyl groups is 1. The Morgan fingerprint density at radius 2 is 2.00 bits per heavy atom. The number of methoxy groups -OCH3 is 1. The zero-order valence-electron chi connectivity index (χ0n) is 6.53. The first-order valence-electron chi connectivity index (χ1n) is 3.56. The maximum absolute atomic E-state index is 9.40. The first-order valence-corrected chi connectivity index (χ1v) is 3.56. The van der Waals surface area contributed by atoms with E-state index in [1.165, 1.54) is 0 Å². The fourth-order valence-corrected chi connectivity index (χ4v) is 0.929. The highest BCUT2D eigenvalue weighted by Gasteiger charge is 2.03. The highest BCUT2D eigenvalue weighted by atomic mass is 16.5. The summed E-state index contributed by atoms with van der Waals surface area (Å²) in [6.45, 7) is 0.351. The van der Waals surface area contributed by atoms with Crippen molar-refractivity contribution in [3.63, 3.8) is 0 Å². The van der Waals surface area contributed by atoms with Crippen molar-refractivity contribution in [3.05, 3.63) is 35.9 Å². The molecule has 0 aromatic heterocycles. The molecular weight excluding hydrogens is 140 g/mol. The van der Waals surface area contributed by atoms with Crippen molar-refractivity contribution in [2.45, 2.75) is 6.10 Å². The van der Waals surface area contributed by atoms with Crippen molar-refractivity contribution in [3.8, 4) is 0 Å². The zero-order valence-corrected chi connectivity index (χ0v) is 6.53. The Labute approximate surface area is 66.4 Å². The maximum Gasteiger partial charge on any atom is 0.102 e. The number of aliphatic hydroxyl groups excluding tert-OH is 1. The molecule has 0 spiro atoms. The molecular formula is C9H12O2. The van der Waals surface area contributed by atoms with Crippen LogP contribution in [0, 0.1) is 0 Å². The predicted octanol–water partition coefficient (Wildman–Crippen LogP) is 1.37. The lowest BCUT2D eigenvalue weighted by Crippen LogP contribution is -2.04. The molecule has 2 heteroatoms. The summed E-state index contributed by atoms with van der Waals surface area (Å²) < 4.78 is 4.81. The summed E-state index contributed by atoms with van der Waals surface area (Å²) in [5, 5.41) is 9.40. The van der Waals surface area contributed by atoms with Crippen molar-refractivity contribution >= 4 is 0 Å². The smallest absolute Gasteiger partial charge is 0.102 e. The van der Waals surface area contributed by atoms with Crippen molar-refractivity contribution in [1.29, 1.82) is 0 Å². The maximum atomic E-state index is 9.40. The van der Waals surface area contributed by atoms with Gasteiger partial charge in [-0.25, -0.2) is 0 Å². The lowest BCUT2D eigenvalue weighted by Gasteiger charge is -2.08. The molecule has 11 heavy (non-hydrogen) atoms. The zero-order chi connectivity index (χ0) is 8.10. The van der Waals surface area contributed by atoms with Crippen LogP contribution in [0.15, 0.2) is 30.3 Å². The standard InChI is InChI=1S/C9H12O2/c1-11-7-9(10)8-5-3-2-4-6-8/h2-6,9-10H,7H2,1H3/t9-/m0/s1. The Kier molecular flexibility index (Phi) is 3.08. The van der Waals surface area contributed by atoms with Gasteiger partial charge in [0.25, 0.3) is 0 Å². The molecule has 0 bridgehead atoms. The summed E-state index contributed by atoms with van der Waals surface area (Å²) >= 11 is 0. The SMILES string of the molecule is COC[C@H](O)c1ccccc1. The van der Waals surface area contributed by atoms with Gasteiger partial charge in [-0.1, -0.05) is 30.3 Å². The van der Waals surface area contributed by atoms with Crippen LogP contribution < -0.4 is 0 Å². The van der Waals surface area contributed by atoms with E-state index in [0.29, 0.717) is 6.61 Å². The second kappa shape index (κ2) is 4.11. The summed E-state index contributed by atoms with van der Waals surface area (Å²) in [7, 11) is 1.58. The molecule has 0 amide bonds. The highest BCUT2D eigenvalue weighted by molar-refractivity contribution is 5.17.